The van der Waals surface area contributed by atoms with Crippen LogP contribution in [0, 0.1) is 0 Å². The van der Waals surface area contributed by atoms with Crippen LogP contribution in [-0.4, -0.2) is 11.1 Å². The quantitative estimate of drug-likeness (QED) is 0.783. The maximum absolute atomic E-state index is 11.5. The van der Waals surface area contributed by atoms with Crippen LogP contribution in [0.3, 0.4) is 0 Å². The lowest BCUT2D eigenvalue weighted by Gasteiger charge is -2.10. The van der Waals surface area contributed by atoms with Gasteiger partial charge in [0.1, 0.15) is 23.7 Å². The average molecular weight is 268 g/mol. The van der Waals surface area contributed by atoms with Gasteiger partial charge in [0.2, 0.25) is 0 Å². The topological polar surface area (TPSA) is 59.7 Å². The van der Waals surface area contributed by atoms with Gasteiger partial charge in [0, 0.05) is 0 Å². The Morgan fingerprint density at radius 1 is 1.10 bits per heavy atom. The summed E-state index contributed by atoms with van der Waals surface area (Å²) in [4.78, 5) is 11.5. The number of carbonyl (C=O) groups is 1. The van der Waals surface area contributed by atoms with Crippen molar-refractivity contribution in [3.8, 4) is 5.75 Å². The van der Waals surface area contributed by atoms with Crippen LogP contribution in [0.15, 0.2) is 59.2 Å². The van der Waals surface area contributed by atoms with Crippen molar-refractivity contribution >= 4 is 16.7 Å². The van der Waals surface area contributed by atoms with Gasteiger partial charge >= 0.3 is 5.97 Å². The predicted molar refractivity (Wildman–Crippen MR) is 73.9 cm³/mol. The number of carboxylic acid groups (broad SMARTS) is 1. The summed E-state index contributed by atoms with van der Waals surface area (Å²) in [5.74, 6) is -0.0154. The maximum atomic E-state index is 11.5. The summed E-state index contributed by atoms with van der Waals surface area (Å²) < 4.78 is 10.7. The zero-order chi connectivity index (χ0) is 13.9. The first-order valence-corrected chi connectivity index (χ1v) is 6.16. The lowest BCUT2D eigenvalue weighted by Crippen LogP contribution is -2.04. The Kier molecular flexibility index (Phi) is 3.13. The second-order valence-electron chi connectivity index (χ2n) is 4.33. The minimum atomic E-state index is -1.00. The zero-order valence-electron chi connectivity index (χ0n) is 10.6. The zero-order valence-corrected chi connectivity index (χ0v) is 10.6. The molecule has 0 unspecified atom stereocenters. The van der Waals surface area contributed by atoms with Crippen LogP contribution >= 0.6 is 0 Å². The summed E-state index contributed by atoms with van der Waals surface area (Å²) in [6.45, 7) is 0.200. The highest BCUT2D eigenvalue weighted by molar-refractivity contribution is 6.06. The van der Waals surface area contributed by atoms with Crippen LogP contribution in [0.1, 0.15) is 16.1 Å². The van der Waals surface area contributed by atoms with E-state index in [-0.39, 0.29) is 12.2 Å². The second kappa shape index (κ2) is 5.09. The monoisotopic (exact) mass is 268 g/mol. The van der Waals surface area contributed by atoms with Crippen molar-refractivity contribution in [2.75, 3.05) is 0 Å². The molecule has 0 aliphatic carbocycles. The highest BCUT2D eigenvalue weighted by atomic mass is 16.5. The Balaban J connectivity index is 2.01. The molecule has 1 heterocycles. The van der Waals surface area contributed by atoms with Crippen molar-refractivity contribution in [3.63, 3.8) is 0 Å². The summed E-state index contributed by atoms with van der Waals surface area (Å²) in [6, 6.07) is 14.4. The molecule has 0 saturated carbocycles. The normalized spacial score (nSPS) is 10.6. The van der Waals surface area contributed by atoms with E-state index in [0.717, 1.165) is 5.39 Å². The Labute approximate surface area is 115 Å². The first-order chi connectivity index (χ1) is 9.75. The van der Waals surface area contributed by atoms with Crippen LogP contribution in [0.5, 0.6) is 5.75 Å². The smallest absolute Gasteiger partial charge is 0.340 e. The number of aromatic carboxylic acids is 1. The number of hydrogen-bond donors (Lipinski definition) is 1. The Bertz CT molecular complexity index is 744. The fourth-order valence-electron chi connectivity index (χ4n) is 2.14. The fraction of sp³-hybridized carbons (Fsp3) is 0.0625. The van der Waals surface area contributed by atoms with Crippen LogP contribution in [0.25, 0.3) is 10.8 Å². The third-order valence-corrected chi connectivity index (χ3v) is 3.05. The number of ether oxygens (including phenoxy) is 1. The van der Waals surface area contributed by atoms with Gasteiger partial charge in [0.15, 0.2) is 0 Å². The summed E-state index contributed by atoms with van der Waals surface area (Å²) >= 11 is 0. The highest BCUT2D eigenvalue weighted by Gasteiger charge is 2.15. The molecular formula is C16H12O4. The third-order valence-electron chi connectivity index (χ3n) is 3.05. The number of benzene rings is 2. The minimum Gasteiger partial charge on any atom is -0.485 e. The van der Waals surface area contributed by atoms with Crippen molar-refractivity contribution in [1.82, 2.24) is 0 Å². The fourth-order valence-corrected chi connectivity index (χ4v) is 2.14. The van der Waals surface area contributed by atoms with Crippen molar-refractivity contribution in [1.29, 1.82) is 0 Å². The number of rotatable bonds is 4. The molecule has 20 heavy (non-hydrogen) atoms. The van der Waals surface area contributed by atoms with Gasteiger partial charge < -0.3 is 14.3 Å². The molecule has 3 aromatic rings. The van der Waals surface area contributed by atoms with Crippen molar-refractivity contribution in [2.45, 2.75) is 6.61 Å². The molecular weight excluding hydrogens is 256 g/mol. The van der Waals surface area contributed by atoms with E-state index in [2.05, 4.69) is 0 Å². The van der Waals surface area contributed by atoms with E-state index in [1.165, 1.54) is 0 Å². The van der Waals surface area contributed by atoms with Crippen molar-refractivity contribution in [2.24, 2.45) is 0 Å². The van der Waals surface area contributed by atoms with E-state index in [9.17, 15) is 9.90 Å². The van der Waals surface area contributed by atoms with Crippen LogP contribution in [-0.2, 0) is 6.61 Å². The van der Waals surface area contributed by atoms with E-state index in [1.807, 2.05) is 24.3 Å². The molecule has 0 fully saturated rings. The van der Waals surface area contributed by atoms with Gasteiger partial charge in [-0.3, -0.25) is 0 Å². The Hall–Kier alpha value is -2.75. The molecule has 0 atom stereocenters. The average Bonchev–Trinajstić information content (AvgIpc) is 2.97. The highest BCUT2D eigenvalue weighted by Crippen LogP contribution is 2.28. The molecule has 0 amide bonds. The summed E-state index contributed by atoms with van der Waals surface area (Å²) in [5.41, 5.74) is 0.176. The van der Waals surface area contributed by atoms with Gasteiger partial charge in [-0.15, -0.1) is 0 Å². The van der Waals surface area contributed by atoms with Crippen LogP contribution in [0.2, 0.25) is 0 Å². The second-order valence-corrected chi connectivity index (χ2v) is 4.33. The molecule has 0 saturated heterocycles. The predicted octanol–water partition coefficient (Wildman–Crippen LogP) is 3.71. The largest absolute Gasteiger partial charge is 0.485 e. The molecule has 100 valence electrons. The lowest BCUT2D eigenvalue weighted by molar-refractivity contribution is 0.0693. The van der Waals surface area contributed by atoms with Crippen molar-refractivity contribution < 1.29 is 19.1 Å². The molecule has 4 nitrogen and oxygen atoms in total. The Morgan fingerprint density at radius 3 is 2.70 bits per heavy atom. The van der Waals surface area contributed by atoms with Gasteiger partial charge in [-0.2, -0.15) is 0 Å². The van der Waals surface area contributed by atoms with Crippen LogP contribution < -0.4 is 4.74 Å². The minimum absolute atomic E-state index is 0.176. The number of fused-ring (bicyclic) bond motifs is 1. The van der Waals surface area contributed by atoms with Gasteiger partial charge in [-0.1, -0.05) is 30.3 Å². The number of carboxylic acids is 1. The van der Waals surface area contributed by atoms with E-state index >= 15 is 0 Å². The standard InChI is InChI=1S/C16H12O4/c17-16(18)15-13-6-2-1-4-11(13)7-8-14(15)20-10-12-5-3-9-19-12/h1-9H,10H2,(H,17,18). The molecule has 0 aliphatic rings. The third kappa shape index (κ3) is 2.23. The van der Waals surface area contributed by atoms with E-state index in [1.54, 1.807) is 30.5 Å². The molecule has 0 bridgehead atoms. The molecule has 1 aromatic heterocycles. The molecule has 1 N–H and O–H groups in total. The first-order valence-electron chi connectivity index (χ1n) is 6.16. The van der Waals surface area contributed by atoms with Gasteiger partial charge in [0.25, 0.3) is 0 Å². The van der Waals surface area contributed by atoms with Gasteiger partial charge in [-0.05, 0) is 29.0 Å². The Morgan fingerprint density at radius 2 is 1.95 bits per heavy atom. The molecule has 0 spiro atoms. The number of hydrogen-bond acceptors (Lipinski definition) is 3. The van der Waals surface area contributed by atoms with Gasteiger partial charge in [0.05, 0.1) is 6.26 Å². The van der Waals surface area contributed by atoms with E-state index < -0.39 is 5.97 Å². The SMILES string of the molecule is O=C(O)c1c(OCc2ccco2)ccc2ccccc12. The summed E-state index contributed by atoms with van der Waals surface area (Å²) in [6.07, 6.45) is 1.55. The summed E-state index contributed by atoms with van der Waals surface area (Å²) in [7, 11) is 0. The lowest BCUT2D eigenvalue weighted by atomic mass is 10.0. The molecule has 3 rings (SSSR count). The van der Waals surface area contributed by atoms with Crippen molar-refractivity contribution in [3.05, 3.63) is 66.1 Å². The van der Waals surface area contributed by atoms with E-state index in [4.69, 9.17) is 9.15 Å². The van der Waals surface area contributed by atoms with Gasteiger partial charge in [-0.25, -0.2) is 4.79 Å². The maximum Gasteiger partial charge on any atom is 0.340 e. The first kappa shape index (κ1) is 12.3. The van der Waals surface area contributed by atoms with Crippen LogP contribution in [0.4, 0.5) is 0 Å². The number of furan rings is 1. The molecule has 0 radical (unpaired) electrons. The van der Waals surface area contributed by atoms with E-state index in [0.29, 0.717) is 16.9 Å². The molecule has 0 aliphatic heterocycles. The molecule has 4 heteroatoms. The summed E-state index contributed by atoms with van der Waals surface area (Å²) in [5, 5.41) is 11.0. The molecule has 2 aromatic carbocycles.